The van der Waals surface area contributed by atoms with Crippen LogP contribution in [0, 0.1) is 10.1 Å². The minimum Gasteiger partial charge on any atom is -0.481 e. The summed E-state index contributed by atoms with van der Waals surface area (Å²) in [5.74, 6) is -1.47. The van der Waals surface area contributed by atoms with E-state index in [4.69, 9.17) is 5.11 Å². The van der Waals surface area contributed by atoms with E-state index in [1.54, 1.807) is 6.92 Å². The summed E-state index contributed by atoms with van der Waals surface area (Å²) in [6.07, 6.45) is -0.178. The van der Waals surface area contributed by atoms with Crippen LogP contribution in [0.2, 0.25) is 0 Å². The first kappa shape index (κ1) is 15.4. The van der Waals surface area contributed by atoms with E-state index in [2.05, 4.69) is 10.2 Å². The molecule has 0 aliphatic heterocycles. The highest BCUT2D eigenvalue weighted by molar-refractivity contribution is 6.05. The molecule has 1 heterocycles. The average Bonchev–Trinajstić information content (AvgIpc) is 2.90. The maximum atomic E-state index is 12.4. The highest BCUT2D eigenvalue weighted by Crippen LogP contribution is 2.23. The third kappa shape index (κ3) is 3.03. The predicted molar refractivity (Wildman–Crippen MR) is 76.6 cm³/mol. The molecule has 9 heteroatoms. The van der Waals surface area contributed by atoms with Crippen molar-refractivity contribution in [2.45, 2.75) is 13.3 Å². The van der Waals surface area contributed by atoms with Crippen molar-refractivity contribution >= 4 is 28.5 Å². The van der Waals surface area contributed by atoms with Crippen LogP contribution in [0.4, 0.5) is 5.69 Å². The second-order valence-electron chi connectivity index (χ2n) is 4.59. The van der Waals surface area contributed by atoms with Gasteiger partial charge in [0.25, 0.3) is 11.6 Å². The number of carbonyl (C=O) groups excluding carboxylic acids is 1. The number of aromatic nitrogens is 2. The number of non-ortho nitro benzene ring substituents is 1. The summed E-state index contributed by atoms with van der Waals surface area (Å²) in [4.78, 5) is 34.7. The predicted octanol–water partition coefficient (Wildman–Crippen LogP) is 1.41. The van der Waals surface area contributed by atoms with E-state index in [0.29, 0.717) is 17.4 Å². The Kier molecular flexibility index (Phi) is 4.35. The number of H-pyrrole nitrogens is 1. The number of aromatic amines is 1. The number of benzene rings is 1. The number of carbonyl (C=O) groups is 2. The molecule has 0 aliphatic carbocycles. The van der Waals surface area contributed by atoms with E-state index >= 15 is 0 Å². The third-order valence-electron chi connectivity index (χ3n) is 3.22. The summed E-state index contributed by atoms with van der Waals surface area (Å²) < 4.78 is 0. The van der Waals surface area contributed by atoms with Crippen LogP contribution in [-0.2, 0) is 4.79 Å². The molecular weight excluding hydrogens is 292 g/mol. The van der Waals surface area contributed by atoms with Crippen molar-refractivity contribution < 1.29 is 19.6 Å². The number of fused-ring (bicyclic) bond motifs is 1. The van der Waals surface area contributed by atoms with E-state index in [1.165, 1.54) is 23.1 Å². The lowest BCUT2D eigenvalue weighted by atomic mass is 10.1. The van der Waals surface area contributed by atoms with Gasteiger partial charge in [0.15, 0.2) is 5.69 Å². The van der Waals surface area contributed by atoms with Gasteiger partial charge in [-0.3, -0.25) is 24.8 Å². The van der Waals surface area contributed by atoms with Gasteiger partial charge in [-0.25, -0.2) is 0 Å². The van der Waals surface area contributed by atoms with Gasteiger partial charge in [0, 0.05) is 30.6 Å². The molecule has 0 saturated heterocycles. The normalized spacial score (nSPS) is 10.6. The first-order valence-electron chi connectivity index (χ1n) is 6.57. The molecule has 1 aromatic heterocycles. The first-order chi connectivity index (χ1) is 10.4. The van der Waals surface area contributed by atoms with E-state index in [9.17, 15) is 19.7 Å². The molecule has 0 fully saturated rings. The zero-order chi connectivity index (χ0) is 16.3. The summed E-state index contributed by atoms with van der Waals surface area (Å²) >= 11 is 0. The molecule has 0 bridgehead atoms. The lowest BCUT2D eigenvalue weighted by Crippen LogP contribution is -2.33. The molecule has 0 saturated carbocycles. The quantitative estimate of drug-likeness (QED) is 0.613. The van der Waals surface area contributed by atoms with Crippen LogP contribution in [0.25, 0.3) is 10.9 Å². The van der Waals surface area contributed by atoms with E-state index in [-0.39, 0.29) is 24.3 Å². The van der Waals surface area contributed by atoms with Gasteiger partial charge >= 0.3 is 5.97 Å². The van der Waals surface area contributed by atoms with Gasteiger partial charge in [0.05, 0.1) is 16.9 Å². The van der Waals surface area contributed by atoms with E-state index in [1.807, 2.05) is 0 Å². The number of hydrogen-bond acceptors (Lipinski definition) is 5. The number of carboxylic acid groups (broad SMARTS) is 1. The standard InChI is InChI=1S/C13H14N4O5/c1-2-16(6-5-11(18)19)13(20)12-9-7-8(17(21)22)3-4-10(9)14-15-12/h3-4,7H,2,5-6H2,1H3,(H,14,15)(H,18,19). The van der Waals surface area contributed by atoms with Crippen LogP contribution in [0.5, 0.6) is 0 Å². The summed E-state index contributed by atoms with van der Waals surface area (Å²) in [5, 5.41) is 26.4. The fourth-order valence-corrected chi connectivity index (χ4v) is 2.06. The molecule has 2 N–H and O–H groups in total. The van der Waals surface area contributed by atoms with Gasteiger partial charge in [0.1, 0.15) is 0 Å². The Balaban J connectivity index is 2.35. The van der Waals surface area contributed by atoms with Gasteiger partial charge in [0.2, 0.25) is 0 Å². The van der Waals surface area contributed by atoms with Crippen molar-refractivity contribution in [2.24, 2.45) is 0 Å². The van der Waals surface area contributed by atoms with Crippen molar-refractivity contribution in [3.8, 4) is 0 Å². The average molecular weight is 306 g/mol. The van der Waals surface area contributed by atoms with Gasteiger partial charge < -0.3 is 10.0 Å². The van der Waals surface area contributed by atoms with Crippen molar-refractivity contribution in [1.82, 2.24) is 15.1 Å². The number of rotatable bonds is 6. The first-order valence-corrected chi connectivity index (χ1v) is 6.57. The molecule has 2 aromatic rings. The van der Waals surface area contributed by atoms with Crippen LogP contribution < -0.4 is 0 Å². The molecule has 116 valence electrons. The highest BCUT2D eigenvalue weighted by Gasteiger charge is 2.22. The zero-order valence-corrected chi connectivity index (χ0v) is 11.8. The van der Waals surface area contributed by atoms with Gasteiger partial charge in [-0.15, -0.1) is 0 Å². The molecule has 1 aromatic carbocycles. The Morgan fingerprint density at radius 2 is 2.18 bits per heavy atom. The topological polar surface area (TPSA) is 129 Å². The minimum absolute atomic E-state index is 0.0472. The second-order valence-corrected chi connectivity index (χ2v) is 4.59. The monoisotopic (exact) mass is 306 g/mol. The maximum Gasteiger partial charge on any atom is 0.305 e. The summed E-state index contributed by atoms with van der Waals surface area (Å²) in [7, 11) is 0. The smallest absolute Gasteiger partial charge is 0.305 e. The summed E-state index contributed by atoms with van der Waals surface area (Å²) in [5.41, 5.74) is 0.408. The Bertz CT molecular complexity index is 739. The van der Waals surface area contributed by atoms with Gasteiger partial charge in [-0.1, -0.05) is 0 Å². The van der Waals surface area contributed by atoms with Crippen molar-refractivity contribution in [3.05, 3.63) is 34.0 Å². The molecule has 22 heavy (non-hydrogen) atoms. The molecule has 0 aliphatic rings. The van der Waals surface area contributed by atoms with E-state index in [0.717, 1.165) is 0 Å². The van der Waals surface area contributed by atoms with Crippen molar-refractivity contribution in [3.63, 3.8) is 0 Å². The lowest BCUT2D eigenvalue weighted by molar-refractivity contribution is -0.384. The number of nitrogens with zero attached hydrogens (tertiary/aromatic N) is 3. The zero-order valence-electron chi connectivity index (χ0n) is 11.8. The van der Waals surface area contributed by atoms with Crippen molar-refractivity contribution in [2.75, 3.05) is 13.1 Å². The Labute approximate surface area is 124 Å². The minimum atomic E-state index is -1.01. The van der Waals surface area contributed by atoms with Crippen LogP contribution in [-0.4, -0.2) is 50.1 Å². The van der Waals surface area contributed by atoms with Crippen LogP contribution in [0.15, 0.2) is 18.2 Å². The van der Waals surface area contributed by atoms with Gasteiger partial charge in [-0.2, -0.15) is 5.10 Å². The Hall–Kier alpha value is -2.97. The second kappa shape index (κ2) is 6.20. The van der Waals surface area contributed by atoms with Crippen LogP contribution >= 0.6 is 0 Å². The largest absolute Gasteiger partial charge is 0.481 e. The molecule has 2 rings (SSSR count). The number of nitro groups is 1. The lowest BCUT2D eigenvalue weighted by Gasteiger charge is -2.18. The van der Waals surface area contributed by atoms with E-state index < -0.39 is 16.8 Å². The number of carboxylic acids is 1. The fourth-order valence-electron chi connectivity index (χ4n) is 2.06. The van der Waals surface area contributed by atoms with Crippen molar-refractivity contribution in [1.29, 1.82) is 0 Å². The fraction of sp³-hybridized carbons (Fsp3) is 0.308. The molecule has 0 radical (unpaired) electrons. The van der Waals surface area contributed by atoms with Crippen LogP contribution in [0.3, 0.4) is 0 Å². The van der Waals surface area contributed by atoms with Crippen LogP contribution in [0.1, 0.15) is 23.8 Å². The number of nitrogens with one attached hydrogen (secondary N) is 1. The molecule has 0 unspecified atom stereocenters. The Morgan fingerprint density at radius 1 is 1.45 bits per heavy atom. The Morgan fingerprint density at radius 3 is 2.77 bits per heavy atom. The molecule has 0 spiro atoms. The third-order valence-corrected chi connectivity index (χ3v) is 3.22. The number of amides is 1. The number of nitro benzene ring substituents is 1. The maximum absolute atomic E-state index is 12.4. The highest BCUT2D eigenvalue weighted by atomic mass is 16.6. The summed E-state index contributed by atoms with van der Waals surface area (Å²) in [6, 6.07) is 4.07. The molecule has 1 amide bonds. The molecule has 9 nitrogen and oxygen atoms in total. The SMILES string of the molecule is CCN(CCC(=O)O)C(=O)c1n[nH]c2ccc([N+](=O)[O-])cc12. The number of aliphatic carboxylic acids is 1. The molecule has 0 atom stereocenters. The van der Waals surface area contributed by atoms with Gasteiger partial charge in [-0.05, 0) is 13.0 Å². The summed E-state index contributed by atoms with van der Waals surface area (Å²) in [6.45, 7) is 2.08. The molecular formula is C13H14N4O5. The number of hydrogen-bond donors (Lipinski definition) is 2.